The number of nitrogens with zero attached hydrogens (tertiary/aromatic N) is 2. The minimum Gasteiger partial charge on any atom is -0.497 e. The normalized spacial score (nSPS) is 17.8. The van der Waals surface area contributed by atoms with Crippen LogP contribution in [0.2, 0.25) is 0 Å². The summed E-state index contributed by atoms with van der Waals surface area (Å²) in [4.78, 5) is 4.26. The Morgan fingerprint density at radius 1 is 1.32 bits per heavy atom. The molecule has 0 radical (unpaired) electrons. The van der Waals surface area contributed by atoms with Crippen LogP contribution >= 0.6 is 0 Å². The third-order valence-corrected chi connectivity index (χ3v) is 6.59. The van der Waals surface area contributed by atoms with Crippen molar-refractivity contribution in [2.45, 2.75) is 38.8 Å². The summed E-state index contributed by atoms with van der Waals surface area (Å²) in [5.41, 5.74) is 0. The van der Waals surface area contributed by atoms with E-state index in [1.165, 1.54) is 0 Å². The predicted octanol–water partition coefficient (Wildman–Crippen LogP) is 1.44. The highest BCUT2D eigenvalue weighted by molar-refractivity contribution is 7.89. The van der Waals surface area contributed by atoms with Gasteiger partial charge in [-0.25, -0.2) is 12.7 Å². The third-order valence-electron chi connectivity index (χ3n) is 4.71. The van der Waals surface area contributed by atoms with Crippen molar-refractivity contribution < 1.29 is 17.9 Å². The van der Waals surface area contributed by atoms with Crippen molar-refractivity contribution in [2.75, 3.05) is 39.5 Å². The highest BCUT2D eigenvalue weighted by Gasteiger charge is 2.27. The van der Waals surface area contributed by atoms with Crippen LogP contribution in [0.4, 0.5) is 0 Å². The highest BCUT2D eigenvalue weighted by atomic mass is 32.2. The third kappa shape index (κ3) is 6.56. The van der Waals surface area contributed by atoms with Gasteiger partial charge >= 0.3 is 0 Å². The van der Waals surface area contributed by atoms with Crippen molar-refractivity contribution in [3.05, 3.63) is 24.3 Å². The van der Waals surface area contributed by atoms with Crippen LogP contribution in [-0.2, 0) is 10.0 Å². The fraction of sp³-hybridized carbons (Fsp3) is 0.632. The van der Waals surface area contributed by atoms with Crippen molar-refractivity contribution in [1.29, 1.82) is 0 Å². The predicted molar refractivity (Wildman–Crippen MR) is 112 cm³/mol. The standard InChI is InChI=1S/C19H32N4O4S/c1-5-28(24,25)23-11-9-16(10-12-23)22-19(20-3)21-14-15(2)27-18-8-6-7-17(13-18)26-4/h6-8,13,15-16H,5,9-12,14H2,1-4H3,(H2,20,21,22). The number of hydrogen-bond acceptors (Lipinski definition) is 5. The van der Waals surface area contributed by atoms with E-state index in [4.69, 9.17) is 9.47 Å². The topological polar surface area (TPSA) is 92.3 Å². The molecule has 1 fully saturated rings. The van der Waals surface area contributed by atoms with Crippen LogP contribution in [0.5, 0.6) is 11.5 Å². The van der Waals surface area contributed by atoms with Gasteiger partial charge in [-0.05, 0) is 38.8 Å². The van der Waals surface area contributed by atoms with Gasteiger partial charge in [0.25, 0.3) is 0 Å². The molecule has 28 heavy (non-hydrogen) atoms. The van der Waals surface area contributed by atoms with E-state index in [0.717, 1.165) is 24.3 Å². The van der Waals surface area contributed by atoms with Gasteiger partial charge in [0, 0.05) is 32.2 Å². The number of ether oxygens (including phenoxy) is 2. The zero-order valence-corrected chi connectivity index (χ0v) is 18.0. The number of nitrogens with one attached hydrogen (secondary N) is 2. The lowest BCUT2D eigenvalue weighted by atomic mass is 10.1. The molecule has 2 N–H and O–H groups in total. The molecule has 0 spiro atoms. The molecule has 0 amide bonds. The molecule has 1 aliphatic heterocycles. The molecule has 158 valence electrons. The molecule has 8 nitrogen and oxygen atoms in total. The number of piperidine rings is 1. The Kier molecular flexibility index (Phi) is 8.37. The maximum atomic E-state index is 12.0. The van der Waals surface area contributed by atoms with Crippen molar-refractivity contribution in [3.63, 3.8) is 0 Å². The summed E-state index contributed by atoms with van der Waals surface area (Å²) in [7, 11) is 0.248. The molecule has 0 aliphatic carbocycles. The second-order valence-electron chi connectivity index (χ2n) is 6.78. The van der Waals surface area contributed by atoms with E-state index in [1.807, 2.05) is 31.2 Å². The molecule has 0 aromatic heterocycles. The first-order valence-electron chi connectivity index (χ1n) is 9.63. The maximum Gasteiger partial charge on any atom is 0.213 e. The van der Waals surface area contributed by atoms with Crippen molar-refractivity contribution in [2.24, 2.45) is 4.99 Å². The summed E-state index contributed by atoms with van der Waals surface area (Å²) in [6.07, 6.45) is 1.45. The summed E-state index contributed by atoms with van der Waals surface area (Å²) in [5.74, 6) is 2.35. The van der Waals surface area contributed by atoms with Crippen LogP contribution in [0.1, 0.15) is 26.7 Å². The summed E-state index contributed by atoms with van der Waals surface area (Å²) < 4.78 is 36.6. The van der Waals surface area contributed by atoms with Crippen molar-refractivity contribution in [3.8, 4) is 11.5 Å². The fourth-order valence-corrected chi connectivity index (χ4v) is 4.17. The lowest BCUT2D eigenvalue weighted by molar-refractivity contribution is 0.222. The average Bonchev–Trinajstić information content (AvgIpc) is 2.71. The van der Waals surface area contributed by atoms with Gasteiger partial charge in [0.15, 0.2) is 5.96 Å². The van der Waals surface area contributed by atoms with Gasteiger partial charge < -0.3 is 20.1 Å². The van der Waals surface area contributed by atoms with E-state index in [0.29, 0.717) is 25.6 Å². The Hall–Kier alpha value is -2.00. The monoisotopic (exact) mass is 412 g/mol. The smallest absolute Gasteiger partial charge is 0.213 e. The largest absolute Gasteiger partial charge is 0.497 e. The zero-order chi connectivity index (χ0) is 20.6. The van der Waals surface area contributed by atoms with Crippen LogP contribution in [-0.4, -0.2) is 70.4 Å². The SMILES string of the molecule is CCS(=O)(=O)N1CCC(NC(=NC)NCC(C)Oc2cccc(OC)c2)CC1. The molecule has 0 bridgehead atoms. The molecule has 1 unspecified atom stereocenters. The van der Waals surface area contributed by atoms with Crippen molar-refractivity contribution in [1.82, 2.24) is 14.9 Å². The Labute approximate surface area is 168 Å². The summed E-state index contributed by atoms with van der Waals surface area (Å²) in [6, 6.07) is 7.70. The first kappa shape index (κ1) is 22.3. The molecule has 1 aromatic rings. The van der Waals surface area contributed by atoms with E-state index in [2.05, 4.69) is 15.6 Å². The minimum absolute atomic E-state index is 0.0674. The van der Waals surface area contributed by atoms with Gasteiger partial charge in [0.1, 0.15) is 17.6 Å². The molecular weight excluding hydrogens is 380 g/mol. The number of aliphatic imine (C=N–C) groups is 1. The van der Waals surface area contributed by atoms with E-state index < -0.39 is 10.0 Å². The molecule has 2 rings (SSSR count). The van der Waals surface area contributed by atoms with Gasteiger partial charge in [0.05, 0.1) is 19.4 Å². The molecule has 1 saturated heterocycles. The Morgan fingerprint density at radius 3 is 2.61 bits per heavy atom. The second kappa shape index (κ2) is 10.5. The second-order valence-corrected chi connectivity index (χ2v) is 9.04. The van der Waals surface area contributed by atoms with E-state index in [1.54, 1.807) is 25.4 Å². The van der Waals surface area contributed by atoms with Gasteiger partial charge in [0.2, 0.25) is 10.0 Å². The summed E-state index contributed by atoms with van der Waals surface area (Å²) >= 11 is 0. The quantitative estimate of drug-likeness (QED) is 0.496. The Bertz CT molecular complexity index is 746. The number of hydrogen-bond donors (Lipinski definition) is 2. The van der Waals surface area contributed by atoms with E-state index in [-0.39, 0.29) is 17.9 Å². The van der Waals surface area contributed by atoms with Gasteiger partial charge in [-0.3, -0.25) is 4.99 Å². The molecule has 9 heteroatoms. The first-order valence-corrected chi connectivity index (χ1v) is 11.2. The number of benzene rings is 1. The molecular formula is C19H32N4O4S. The number of sulfonamides is 1. The number of guanidine groups is 1. The van der Waals surface area contributed by atoms with Crippen molar-refractivity contribution >= 4 is 16.0 Å². The molecule has 1 atom stereocenters. The summed E-state index contributed by atoms with van der Waals surface area (Å²) in [5, 5.41) is 6.64. The van der Waals surface area contributed by atoms with Gasteiger partial charge in [-0.15, -0.1) is 0 Å². The van der Waals surface area contributed by atoms with Crippen LogP contribution < -0.4 is 20.1 Å². The number of methoxy groups -OCH3 is 1. The zero-order valence-electron chi connectivity index (χ0n) is 17.1. The van der Waals surface area contributed by atoms with Crippen LogP contribution in [0.15, 0.2) is 29.3 Å². The van der Waals surface area contributed by atoms with E-state index in [9.17, 15) is 8.42 Å². The maximum absolute atomic E-state index is 12.0. The molecule has 1 aliphatic rings. The van der Waals surface area contributed by atoms with Crippen LogP contribution in [0.3, 0.4) is 0 Å². The molecule has 1 heterocycles. The molecule has 0 saturated carbocycles. The Morgan fingerprint density at radius 2 is 2.00 bits per heavy atom. The lowest BCUT2D eigenvalue weighted by Crippen LogP contribution is -2.51. The first-order chi connectivity index (χ1) is 13.4. The fourth-order valence-electron chi connectivity index (χ4n) is 3.04. The van der Waals surface area contributed by atoms with Gasteiger partial charge in [-0.2, -0.15) is 0 Å². The Balaban J connectivity index is 1.77. The summed E-state index contributed by atoms with van der Waals surface area (Å²) in [6.45, 7) is 5.33. The van der Waals surface area contributed by atoms with E-state index >= 15 is 0 Å². The minimum atomic E-state index is -3.10. The van der Waals surface area contributed by atoms with Crippen LogP contribution in [0.25, 0.3) is 0 Å². The van der Waals surface area contributed by atoms with Crippen LogP contribution in [0, 0.1) is 0 Å². The average molecular weight is 413 g/mol. The lowest BCUT2D eigenvalue weighted by Gasteiger charge is -2.32. The molecule has 1 aromatic carbocycles. The number of rotatable bonds is 8. The van der Waals surface area contributed by atoms with Gasteiger partial charge in [-0.1, -0.05) is 6.07 Å². The highest BCUT2D eigenvalue weighted by Crippen LogP contribution is 2.19.